The number of aryl methyl sites for hydroxylation is 2. The molecule has 3 nitrogen and oxygen atoms in total. The molecule has 1 aromatic heterocycles. The van der Waals surface area contributed by atoms with Crippen molar-refractivity contribution in [1.29, 1.82) is 0 Å². The molecule has 98 valence electrons. The topological polar surface area (TPSA) is 38.1 Å². The maximum Gasteiger partial charge on any atom is 0.0629 e. The summed E-state index contributed by atoms with van der Waals surface area (Å²) in [5, 5.41) is 14.4. The summed E-state index contributed by atoms with van der Waals surface area (Å²) in [5.41, 5.74) is 3.45. The first-order chi connectivity index (χ1) is 8.06. The highest BCUT2D eigenvalue weighted by atomic mass is 16.3. The zero-order valence-corrected chi connectivity index (χ0v) is 11.7. The number of unbranched alkanes of at least 4 members (excludes halogenated alkanes) is 3. The van der Waals surface area contributed by atoms with Gasteiger partial charge in [0.25, 0.3) is 0 Å². The van der Waals surface area contributed by atoms with Gasteiger partial charge in [0.2, 0.25) is 0 Å². The van der Waals surface area contributed by atoms with Crippen molar-refractivity contribution in [2.24, 2.45) is 7.05 Å². The number of nitrogens with zero attached hydrogens (tertiary/aromatic N) is 2. The maximum atomic E-state index is 10.0. The first-order valence-corrected chi connectivity index (χ1v) is 6.73. The Bertz CT molecular complexity index is 344. The first-order valence-electron chi connectivity index (χ1n) is 6.73. The third-order valence-corrected chi connectivity index (χ3v) is 3.49. The molecule has 0 aliphatic carbocycles. The predicted octanol–water partition coefficient (Wildman–Crippen LogP) is 2.91. The molecule has 0 aromatic carbocycles. The zero-order chi connectivity index (χ0) is 12.8. The molecule has 0 saturated carbocycles. The molecule has 0 aliphatic heterocycles. The summed E-state index contributed by atoms with van der Waals surface area (Å²) in [6.45, 7) is 6.30. The van der Waals surface area contributed by atoms with Gasteiger partial charge in [-0.1, -0.05) is 32.6 Å². The van der Waals surface area contributed by atoms with E-state index in [1.165, 1.54) is 30.5 Å². The summed E-state index contributed by atoms with van der Waals surface area (Å²) in [7, 11) is 1.96. The van der Waals surface area contributed by atoms with E-state index in [2.05, 4.69) is 18.9 Å². The van der Waals surface area contributed by atoms with Crippen LogP contribution >= 0.6 is 0 Å². The fourth-order valence-corrected chi connectivity index (χ4v) is 2.26. The third kappa shape index (κ3) is 4.15. The predicted molar refractivity (Wildman–Crippen MR) is 71.2 cm³/mol. The van der Waals surface area contributed by atoms with Crippen LogP contribution in [0.3, 0.4) is 0 Å². The van der Waals surface area contributed by atoms with E-state index in [1.54, 1.807) is 0 Å². The summed E-state index contributed by atoms with van der Waals surface area (Å²) in [4.78, 5) is 0. The number of rotatable bonds is 7. The van der Waals surface area contributed by atoms with E-state index in [0.29, 0.717) is 0 Å². The SMILES string of the molecule is CCCCCCC(O)Cc1c(C)nn(C)c1C. The van der Waals surface area contributed by atoms with Crippen LogP contribution in [0.2, 0.25) is 0 Å². The van der Waals surface area contributed by atoms with Crippen molar-refractivity contribution >= 4 is 0 Å². The van der Waals surface area contributed by atoms with Crippen LogP contribution < -0.4 is 0 Å². The Labute approximate surface area is 105 Å². The van der Waals surface area contributed by atoms with Crippen LogP contribution in [-0.4, -0.2) is 21.0 Å². The summed E-state index contributed by atoms with van der Waals surface area (Å²) >= 11 is 0. The zero-order valence-electron chi connectivity index (χ0n) is 11.7. The van der Waals surface area contributed by atoms with Gasteiger partial charge in [0.05, 0.1) is 11.8 Å². The second kappa shape index (κ2) is 6.80. The van der Waals surface area contributed by atoms with Crippen molar-refractivity contribution in [2.75, 3.05) is 0 Å². The van der Waals surface area contributed by atoms with Gasteiger partial charge in [-0.3, -0.25) is 4.68 Å². The van der Waals surface area contributed by atoms with E-state index < -0.39 is 0 Å². The van der Waals surface area contributed by atoms with E-state index in [1.807, 2.05) is 18.7 Å². The largest absolute Gasteiger partial charge is 0.393 e. The van der Waals surface area contributed by atoms with E-state index in [4.69, 9.17) is 0 Å². The molecule has 1 heterocycles. The van der Waals surface area contributed by atoms with Crippen molar-refractivity contribution in [2.45, 2.75) is 65.4 Å². The quantitative estimate of drug-likeness (QED) is 0.742. The standard InChI is InChI=1S/C14H26N2O/c1-5-6-7-8-9-13(17)10-14-11(2)15-16(4)12(14)3/h13,17H,5-10H2,1-4H3. The number of aromatic nitrogens is 2. The minimum absolute atomic E-state index is 0.214. The van der Waals surface area contributed by atoms with E-state index in [9.17, 15) is 5.11 Å². The van der Waals surface area contributed by atoms with Gasteiger partial charge in [-0.25, -0.2) is 0 Å². The van der Waals surface area contributed by atoms with Gasteiger partial charge >= 0.3 is 0 Å². The molecular formula is C14H26N2O. The minimum atomic E-state index is -0.214. The number of aliphatic hydroxyl groups is 1. The molecule has 0 saturated heterocycles. The summed E-state index contributed by atoms with van der Waals surface area (Å²) in [6.07, 6.45) is 6.33. The van der Waals surface area contributed by atoms with Gasteiger partial charge in [-0.05, 0) is 25.8 Å². The van der Waals surface area contributed by atoms with Crippen molar-refractivity contribution in [3.05, 3.63) is 17.0 Å². The molecule has 1 aromatic rings. The van der Waals surface area contributed by atoms with Crippen LogP contribution in [0.1, 0.15) is 56.0 Å². The highest BCUT2D eigenvalue weighted by Gasteiger charge is 2.13. The van der Waals surface area contributed by atoms with Crippen molar-refractivity contribution < 1.29 is 5.11 Å². The van der Waals surface area contributed by atoms with Gasteiger partial charge < -0.3 is 5.11 Å². The van der Waals surface area contributed by atoms with Crippen LogP contribution in [0.15, 0.2) is 0 Å². The fraction of sp³-hybridized carbons (Fsp3) is 0.786. The average Bonchev–Trinajstić information content (AvgIpc) is 2.52. The molecule has 3 heteroatoms. The van der Waals surface area contributed by atoms with Gasteiger partial charge in [-0.2, -0.15) is 5.10 Å². The van der Waals surface area contributed by atoms with E-state index in [-0.39, 0.29) is 6.10 Å². The Balaban J connectivity index is 2.42. The van der Waals surface area contributed by atoms with E-state index in [0.717, 1.165) is 25.0 Å². The van der Waals surface area contributed by atoms with Gasteiger partial charge in [0.15, 0.2) is 0 Å². The summed E-state index contributed by atoms with van der Waals surface area (Å²) in [5.74, 6) is 0. The Morgan fingerprint density at radius 1 is 1.24 bits per heavy atom. The lowest BCUT2D eigenvalue weighted by Crippen LogP contribution is -2.11. The number of aliphatic hydroxyl groups excluding tert-OH is 1. The molecule has 0 radical (unpaired) electrons. The number of hydrogen-bond acceptors (Lipinski definition) is 2. The molecule has 0 spiro atoms. The maximum absolute atomic E-state index is 10.0. The molecule has 0 aliphatic rings. The lowest BCUT2D eigenvalue weighted by Gasteiger charge is -2.10. The molecular weight excluding hydrogens is 212 g/mol. The Hall–Kier alpha value is -0.830. The molecule has 1 N–H and O–H groups in total. The Morgan fingerprint density at radius 3 is 2.47 bits per heavy atom. The second-order valence-electron chi connectivity index (χ2n) is 4.98. The average molecular weight is 238 g/mol. The summed E-state index contributed by atoms with van der Waals surface area (Å²) in [6, 6.07) is 0. The van der Waals surface area contributed by atoms with Crippen LogP contribution in [0.25, 0.3) is 0 Å². The van der Waals surface area contributed by atoms with Crippen LogP contribution in [0, 0.1) is 13.8 Å². The molecule has 1 atom stereocenters. The second-order valence-corrected chi connectivity index (χ2v) is 4.98. The van der Waals surface area contributed by atoms with Crippen molar-refractivity contribution in [3.8, 4) is 0 Å². The fourth-order valence-electron chi connectivity index (χ4n) is 2.26. The van der Waals surface area contributed by atoms with Crippen molar-refractivity contribution in [1.82, 2.24) is 9.78 Å². The Kier molecular flexibility index (Phi) is 5.69. The number of hydrogen-bond donors (Lipinski definition) is 1. The molecule has 0 fully saturated rings. The van der Waals surface area contributed by atoms with E-state index >= 15 is 0 Å². The summed E-state index contributed by atoms with van der Waals surface area (Å²) < 4.78 is 1.90. The van der Waals surface area contributed by atoms with Crippen LogP contribution in [-0.2, 0) is 13.5 Å². The molecule has 0 amide bonds. The van der Waals surface area contributed by atoms with Crippen LogP contribution in [0.5, 0.6) is 0 Å². The highest BCUT2D eigenvalue weighted by Crippen LogP contribution is 2.16. The monoisotopic (exact) mass is 238 g/mol. The van der Waals surface area contributed by atoms with Crippen LogP contribution in [0.4, 0.5) is 0 Å². The third-order valence-electron chi connectivity index (χ3n) is 3.49. The minimum Gasteiger partial charge on any atom is -0.393 e. The lowest BCUT2D eigenvalue weighted by molar-refractivity contribution is 0.160. The van der Waals surface area contributed by atoms with Gasteiger partial charge in [0.1, 0.15) is 0 Å². The van der Waals surface area contributed by atoms with Gasteiger partial charge in [0, 0.05) is 19.2 Å². The van der Waals surface area contributed by atoms with Gasteiger partial charge in [-0.15, -0.1) is 0 Å². The highest BCUT2D eigenvalue weighted by molar-refractivity contribution is 5.24. The smallest absolute Gasteiger partial charge is 0.0629 e. The lowest BCUT2D eigenvalue weighted by atomic mass is 10.0. The van der Waals surface area contributed by atoms with Crippen molar-refractivity contribution in [3.63, 3.8) is 0 Å². The molecule has 17 heavy (non-hydrogen) atoms. The first kappa shape index (κ1) is 14.2. The molecule has 1 unspecified atom stereocenters. The molecule has 0 bridgehead atoms. The molecule has 1 rings (SSSR count). The normalized spacial score (nSPS) is 13.0. The Morgan fingerprint density at radius 2 is 1.94 bits per heavy atom.